The molecule has 0 radical (unpaired) electrons. The zero-order chi connectivity index (χ0) is 15.7. The van der Waals surface area contributed by atoms with Gasteiger partial charge in [-0.2, -0.15) is 0 Å². The van der Waals surface area contributed by atoms with E-state index in [-0.39, 0.29) is 18.2 Å². The molecule has 2 rings (SSSR count). The van der Waals surface area contributed by atoms with Crippen LogP contribution in [0.4, 0.5) is 4.79 Å². The molecule has 0 aliphatic carbocycles. The first-order chi connectivity index (χ1) is 9.69. The summed E-state index contributed by atoms with van der Waals surface area (Å²) in [6.07, 6.45) is 5.64. The highest BCUT2D eigenvalue weighted by Gasteiger charge is 2.46. The number of carbonyl (C=O) groups is 1. The van der Waals surface area contributed by atoms with Gasteiger partial charge in [-0.1, -0.05) is 12.2 Å². The van der Waals surface area contributed by atoms with Gasteiger partial charge in [0.15, 0.2) is 0 Å². The zero-order valence-corrected chi connectivity index (χ0v) is 13.7. The van der Waals surface area contributed by atoms with E-state index in [4.69, 9.17) is 14.2 Å². The van der Waals surface area contributed by atoms with Crippen molar-refractivity contribution < 1.29 is 19.0 Å². The van der Waals surface area contributed by atoms with Crippen LogP contribution in [0.25, 0.3) is 0 Å². The van der Waals surface area contributed by atoms with Crippen molar-refractivity contribution in [2.45, 2.75) is 70.9 Å². The van der Waals surface area contributed by atoms with Gasteiger partial charge in [0, 0.05) is 0 Å². The van der Waals surface area contributed by atoms with Gasteiger partial charge in [0.05, 0.1) is 25.4 Å². The van der Waals surface area contributed by atoms with Crippen molar-refractivity contribution >= 4 is 6.09 Å². The fourth-order valence-electron chi connectivity index (χ4n) is 2.78. The van der Waals surface area contributed by atoms with Crippen LogP contribution in [-0.2, 0) is 14.2 Å². The van der Waals surface area contributed by atoms with Crippen LogP contribution >= 0.6 is 0 Å². The van der Waals surface area contributed by atoms with E-state index in [9.17, 15) is 4.79 Å². The fraction of sp³-hybridized carbons (Fsp3) is 0.812. The number of hydrogen-bond acceptors (Lipinski definition) is 4. The molecule has 2 aliphatic rings. The first-order valence-electron chi connectivity index (χ1n) is 7.62. The lowest BCUT2D eigenvalue weighted by Gasteiger charge is -2.36. The summed E-state index contributed by atoms with van der Waals surface area (Å²) in [5.41, 5.74) is -1.15. The molecule has 0 aromatic rings. The lowest BCUT2D eigenvalue weighted by atomic mass is 10.0. The maximum absolute atomic E-state index is 12.5. The molecule has 0 N–H and O–H groups in total. The van der Waals surface area contributed by atoms with Gasteiger partial charge in [0.2, 0.25) is 0 Å². The molecule has 2 aliphatic heterocycles. The van der Waals surface area contributed by atoms with E-state index in [0.29, 0.717) is 13.2 Å². The zero-order valence-electron chi connectivity index (χ0n) is 13.7. The third kappa shape index (κ3) is 4.20. The highest BCUT2D eigenvalue weighted by Crippen LogP contribution is 2.32. The van der Waals surface area contributed by atoms with E-state index in [1.165, 1.54) is 0 Å². The van der Waals surface area contributed by atoms with Gasteiger partial charge < -0.3 is 14.2 Å². The molecular weight excluding hydrogens is 270 g/mol. The molecule has 2 atom stereocenters. The van der Waals surface area contributed by atoms with Crippen molar-refractivity contribution in [3.63, 3.8) is 0 Å². The second-order valence-corrected chi connectivity index (χ2v) is 7.16. The quantitative estimate of drug-likeness (QED) is 0.735. The maximum atomic E-state index is 12.5. The first-order valence-corrected chi connectivity index (χ1v) is 7.62. The minimum absolute atomic E-state index is 0.00801. The number of nitrogens with zero attached hydrogens (tertiary/aromatic N) is 1. The first kappa shape index (κ1) is 16.3. The lowest BCUT2D eigenvalue weighted by Crippen LogP contribution is -2.50. The Labute approximate surface area is 127 Å². The molecule has 120 valence electrons. The summed E-state index contributed by atoms with van der Waals surface area (Å²) in [7, 11) is 0. The van der Waals surface area contributed by atoms with E-state index in [1.54, 1.807) is 4.90 Å². The summed E-state index contributed by atoms with van der Waals surface area (Å²) in [4.78, 5) is 14.2. The minimum atomic E-state index is -0.641. The molecule has 2 unspecified atom stereocenters. The molecule has 21 heavy (non-hydrogen) atoms. The maximum Gasteiger partial charge on any atom is 0.412 e. The summed E-state index contributed by atoms with van der Waals surface area (Å²) in [5, 5.41) is 0. The molecule has 0 bridgehead atoms. The SMILES string of the molecule is CC(C)(C)OC(=O)N1C(CC2CC=CCO2)COC1(C)C. The Hall–Kier alpha value is -1.07. The van der Waals surface area contributed by atoms with Gasteiger partial charge in [-0.3, -0.25) is 4.90 Å². The van der Waals surface area contributed by atoms with Crippen LogP contribution in [0.5, 0.6) is 0 Å². The summed E-state index contributed by atoms with van der Waals surface area (Å²) in [6, 6.07) is -0.00801. The van der Waals surface area contributed by atoms with Gasteiger partial charge >= 0.3 is 6.09 Å². The number of hydrogen-bond donors (Lipinski definition) is 0. The van der Waals surface area contributed by atoms with Crippen molar-refractivity contribution in [3.8, 4) is 0 Å². The third-order valence-electron chi connectivity index (χ3n) is 3.69. The van der Waals surface area contributed by atoms with Crippen molar-refractivity contribution in [3.05, 3.63) is 12.2 Å². The Morgan fingerprint density at radius 3 is 2.67 bits per heavy atom. The second-order valence-electron chi connectivity index (χ2n) is 7.16. The van der Waals surface area contributed by atoms with E-state index in [1.807, 2.05) is 40.7 Å². The number of rotatable bonds is 2. The number of carbonyl (C=O) groups excluding carboxylic acids is 1. The van der Waals surface area contributed by atoms with E-state index < -0.39 is 11.3 Å². The van der Waals surface area contributed by atoms with Crippen LogP contribution in [0.2, 0.25) is 0 Å². The van der Waals surface area contributed by atoms with Gasteiger partial charge in [0.25, 0.3) is 0 Å². The molecule has 2 heterocycles. The van der Waals surface area contributed by atoms with Gasteiger partial charge in [0.1, 0.15) is 11.3 Å². The summed E-state index contributed by atoms with van der Waals surface area (Å²) >= 11 is 0. The normalized spacial score (nSPS) is 28.7. The predicted molar refractivity (Wildman–Crippen MR) is 80.0 cm³/mol. The molecule has 1 fully saturated rings. The Balaban J connectivity index is 2.05. The topological polar surface area (TPSA) is 48.0 Å². The summed E-state index contributed by atoms with van der Waals surface area (Å²) in [5.74, 6) is 0. The average Bonchev–Trinajstić information content (AvgIpc) is 2.63. The van der Waals surface area contributed by atoms with Crippen molar-refractivity contribution in [1.82, 2.24) is 4.90 Å². The molecular formula is C16H27NO4. The van der Waals surface area contributed by atoms with Crippen LogP contribution in [0.1, 0.15) is 47.5 Å². The molecule has 0 aromatic heterocycles. The summed E-state index contributed by atoms with van der Waals surface area (Å²) < 4.78 is 17.0. The minimum Gasteiger partial charge on any atom is -0.444 e. The van der Waals surface area contributed by atoms with Crippen LogP contribution in [-0.4, -0.2) is 47.7 Å². The Morgan fingerprint density at radius 1 is 1.38 bits per heavy atom. The fourth-order valence-corrected chi connectivity index (χ4v) is 2.78. The van der Waals surface area contributed by atoms with E-state index >= 15 is 0 Å². The van der Waals surface area contributed by atoms with Crippen molar-refractivity contribution in [2.75, 3.05) is 13.2 Å². The van der Waals surface area contributed by atoms with Crippen LogP contribution < -0.4 is 0 Å². The molecule has 1 amide bonds. The number of ether oxygens (including phenoxy) is 3. The van der Waals surface area contributed by atoms with Crippen LogP contribution in [0.15, 0.2) is 12.2 Å². The monoisotopic (exact) mass is 297 g/mol. The Morgan fingerprint density at radius 2 is 2.10 bits per heavy atom. The molecule has 0 aromatic carbocycles. The lowest BCUT2D eigenvalue weighted by molar-refractivity contribution is -0.0644. The van der Waals surface area contributed by atoms with Gasteiger partial charge in [-0.05, 0) is 47.5 Å². The largest absolute Gasteiger partial charge is 0.444 e. The highest BCUT2D eigenvalue weighted by atomic mass is 16.6. The van der Waals surface area contributed by atoms with Gasteiger partial charge in [-0.25, -0.2) is 4.79 Å². The predicted octanol–water partition coefficient (Wildman–Crippen LogP) is 3.09. The molecule has 0 spiro atoms. The Bertz CT molecular complexity index is 411. The second kappa shape index (κ2) is 5.97. The molecule has 1 saturated heterocycles. The molecule has 5 heteroatoms. The summed E-state index contributed by atoms with van der Waals surface area (Å²) in [6.45, 7) is 10.6. The van der Waals surface area contributed by atoms with Crippen LogP contribution in [0.3, 0.4) is 0 Å². The molecule has 0 saturated carbocycles. The highest BCUT2D eigenvalue weighted by molar-refractivity contribution is 5.69. The Kier molecular flexibility index (Phi) is 4.63. The van der Waals surface area contributed by atoms with Crippen molar-refractivity contribution in [2.24, 2.45) is 0 Å². The molecule has 5 nitrogen and oxygen atoms in total. The van der Waals surface area contributed by atoms with E-state index in [2.05, 4.69) is 6.08 Å². The van der Waals surface area contributed by atoms with Gasteiger partial charge in [-0.15, -0.1) is 0 Å². The average molecular weight is 297 g/mol. The van der Waals surface area contributed by atoms with Crippen molar-refractivity contribution in [1.29, 1.82) is 0 Å². The number of amides is 1. The van der Waals surface area contributed by atoms with E-state index in [0.717, 1.165) is 12.8 Å². The standard InChI is InChI=1S/C16H27NO4/c1-15(2,3)21-14(18)17-12(11-20-16(17,4)5)10-13-8-6-7-9-19-13/h6-7,12-13H,8-11H2,1-5H3. The smallest absolute Gasteiger partial charge is 0.412 e. The van der Waals surface area contributed by atoms with Crippen LogP contribution in [0, 0.1) is 0 Å². The third-order valence-corrected chi connectivity index (χ3v) is 3.69.